The molecular weight excluding hydrogens is 459 g/mol. The summed E-state index contributed by atoms with van der Waals surface area (Å²) in [5.41, 5.74) is 1.07. The Morgan fingerprint density at radius 2 is 1.53 bits per heavy atom. The van der Waals surface area contributed by atoms with Crippen LogP contribution in [0.2, 0.25) is 0 Å². The lowest BCUT2D eigenvalue weighted by atomic mass is 9.44. The summed E-state index contributed by atoms with van der Waals surface area (Å²) in [5, 5.41) is 0. The molecule has 5 heteroatoms. The maximum atomic E-state index is 6.26. The first-order valence-corrected chi connectivity index (χ1v) is 17.0. The molecule has 0 amide bonds. The molecule has 34 heavy (non-hydrogen) atoms. The molecule has 0 bridgehead atoms. The SMILES string of the molecule is COP(=S)(OC)O[C@H]1CC[C@@]2(C)[C@@H](CC[C@@H]3[C@@H]2CC[C@]2(C)[C@@H]([C@H](C)CCCC(C)C)CC[C@@H]32)C1. The van der Waals surface area contributed by atoms with Gasteiger partial charge in [0.05, 0.1) is 6.10 Å². The van der Waals surface area contributed by atoms with Gasteiger partial charge in [-0.2, -0.15) is 0 Å². The Labute approximate surface area is 216 Å². The molecule has 0 radical (unpaired) electrons. The van der Waals surface area contributed by atoms with E-state index in [4.69, 9.17) is 25.4 Å². The van der Waals surface area contributed by atoms with Crippen LogP contribution in [-0.2, 0) is 25.4 Å². The second kappa shape index (κ2) is 10.7. The second-order valence-corrected chi connectivity index (χ2v) is 16.7. The second-order valence-electron chi connectivity index (χ2n) is 13.5. The third-order valence-electron chi connectivity index (χ3n) is 11.5. The molecule has 0 aromatic heterocycles. The van der Waals surface area contributed by atoms with Crippen LogP contribution >= 0.6 is 6.72 Å². The van der Waals surface area contributed by atoms with E-state index < -0.39 is 6.72 Å². The van der Waals surface area contributed by atoms with E-state index in [2.05, 4.69) is 34.6 Å². The number of hydrogen-bond donors (Lipinski definition) is 0. The first kappa shape index (κ1) is 27.6. The van der Waals surface area contributed by atoms with Gasteiger partial charge < -0.3 is 13.6 Å². The summed E-state index contributed by atoms with van der Waals surface area (Å²) in [5.74, 6) is 6.28. The van der Waals surface area contributed by atoms with Crippen LogP contribution in [0.5, 0.6) is 0 Å². The van der Waals surface area contributed by atoms with Crippen molar-refractivity contribution in [3.63, 3.8) is 0 Å². The van der Waals surface area contributed by atoms with Crippen molar-refractivity contribution >= 4 is 18.5 Å². The Morgan fingerprint density at radius 3 is 2.21 bits per heavy atom. The first-order chi connectivity index (χ1) is 16.1. The average molecular weight is 513 g/mol. The summed E-state index contributed by atoms with van der Waals surface area (Å²) in [4.78, 5) is 0. The van der Waals surface area contributed by atoms with E-state index in [1.807, 2.05) is 0 Å². The van der Waals surface area contributed by atoms with E-state index >= 15 is 0 Å². The van der Waals surface area contributed by atoms with Gasteiger partial charge in [-0.05, 0) is 122 Å². The molecule has 0 aromatic rings. The molecule has 9 atom stereocenters. The van der Waals surface area contributed by atoms with Gasteiger partial charge in [0, 0.05) is 14.2 Å². The first-order valence-electron chi connectivity index (χ1n) is 14.5. The Morgan fingerprint density at radius 1 is 0.853 bits per heavy atom. The largest absolute Gasteiger partial charge is 0.326 e. The molecule has 0 saturated heterocycles. The third kappa shape index (κ3) is 5.11. The van der Waals surface area contributed by atoms with Gasteiger partial charge in [0.1, 0.15) is 0 Å². The molecule has 0 aromatic carbocycles. The minimum absolute atomic E-state index is 0.205. The van der Waals surface area contributed by atoms with Crippen molar-refractivity contribution in [2.45, 2.75) is 118 Å². The van der Waals surface area contributed by atoms with Crippen LogP contribution < -0.4 is 0 Å². The van der Waals surface area contributed by atoms with E-state index in [9.17, 15) is 0 Å². The van der Waals surface area contributed by atoms with Crippen molar-refractivity contribution in [1.82, 2.24) is 0 Å². The van der Waals surface area contributed by atoms with E-state index in [1.54, 1.807) is 14.2 Å². The fourth-order valence-corrected chi connectivity index (χ4v) is 10.9. The van der Waals surface area contributed by atoms with E-state index in [1.165, 1.54) is 64.2 Å². The maximum absolute atomic E-state index is 6.26. The predicted octanol–water partition coefficient (Wildman–Crippen LogP) is 9.01. The fraction of sp³-hybridized carbons (Fsp3) is 1.00. The van der Waals surface area contributed by atoms with E-state index in [0.29, 0.717) is 10.8 Å². The van der Waals surface area contributed by atoms with Crippen LogP contribution in [0.1, 0.15) is 112 Å². The Balaban J connectivity index is 1.42. The lowest BCUT2D eigenvalue weighted by molar-refractivity contribution is -0.127. The fourth-order valence-electron chi connectivity index (χ4n) is 9.68. The molecule has 198 valence electrons. The number of rotatable bonds is 9. The molecule has 4 aliphatic carbocycles. The normalized spacial score (nSPS) is 43.3. The van der Waals surface area contributed by atoms with Gasteiger partial charge in [-0.15, -0.1) is 0 Å². The molecule has 0 aliphatic heterocycles. The van der Waals surface area contributed by atoms with Gasteiger partial charge in [0.25, 0.3) is 0 Å². The maximum Gasteiger partial charge on any atom is 0.326 e. The quantitative estimate of drug-likeness (QED) is 0.288. The van der Waals surface area contributed by atoms with E-state index in [-0.39, 0.29) is 6.10 Å². The molecule has 3 nitrogen and oxygen atoms in total. The molecule has 0 unspecified atom stereocenters. The van der Waals surface area contributed by atoms with Gasteiger partial charge in [-0.25, -0.2) is 0 Å². The van der Waals surface area contributed by atoms with Crippen LogP contribution in [0.25, 0.3) is 0 Å². The lowest BCUT2D eigenvalue weighted by Crippen LogP contribution is -2.54. The van der Waals surface area contributed by atoms with Gasteiger partial charge >= 0.3 is 6.72 Å². The highest BCUT2D eigenvalue weighted by atomic mass is 32.5. The predicted molar refractivity (Wildman–Crippen MR) is 146 cm³/mol. The van der Waals surface area contributed by atoms with E-state index in [0.717, 1.165) is 54.3 Å². The Hall–Kier alpha value is 0.530. The highest BCUT2D eigenvalue weighted by Gasteiger charge is 2.60. The Bertz CT molecular complexity index is 735. The molecule has 4 fully saturated rings. The zero-order valence-corrected chi connectivity index (χ0v) is 24.9. The summed E-state index contributed by atoms with van der Waals surface area (Å²) in [6.07, 6.45) is 16.7. The molecule has 0 spiro atoms. The summed E-state index contributed by atoms with van der Waals surface area (Å²) in [6.45, 7) is 10.1. The molecule has 4 rings (SSSR count). The molecular formula is C29H53O3PS. The summed E-state index contributed by atoms with van der Waals surface area (Å²) < 4.78 is 17.1. The molecule has 0 heterocycles. The lowest BCUT2D eigenvalue weighted by Gasteiger charge is -2.61. The smallest absolute Gasteiger partial charge is 0.312 e. The highest BCUT2D eigenvalue weighted by Crippen LogP contribution is 2.69. The number of fused-ring (bicyclic) bond motifs is 5. The zero-order valence-electron chi connectivity index (χ0n) is 23.2. The van der Waals surface area contributed by atoms with Crippen molar-refractivity contribution in [1.29, 1.82) is 0 Å². The van der Waals surface area contributed by atoms with Gasteiger partial charge in [-0.3, -0.25) is 0 Å². The van der Waals surface area contributed by atoms with Crippen LogP contribution in [0, 0.1) is 52.3 Å². The average Bonchev–Trinajstić information content (AvgIpc) is 3.16. The highest BCUT2D eigenvalue weighted by molar-refractivity contribution is 8.07. The van der Waals surface area contributed by atoms with Crippen molar-refractivity contribution < 1.29 is 13.6 Å². The van der Waals surface area contributed by atoms with Crippen molar-refractivity contribution in [3.05, 3.63) is 0 Å². The standard InChI is InChI=1S/C29H53O3PS/c1-20(2)9-8-10-21(3)25-13-14-26-24-12-11-22-19-23(32-33(34,30-6)31-7)15-17-28(22,4)27(24)16-18-29(25,26)5/h20-27H,8-19H2,1-7H3/t21-,22+,23+,24+,25-,26+,27+,28+,29-/m1/s1. The van der Waals surface area contributed by atoms with Crippen LogP contribution in [0.3, 0.4) is 0 Å². The topological polar surface area (TPSA) is 27.7 Å². The zero-order chi connectivity index (χ0) is 24.7. The minimum atomic E-state index is -2.57. The van der Waals surface area contributed by atoms with Crippen LogP contribution in [-0.4, -0.2) is 20.3 Å². The monoisotopic (exact) mass is 512 g/mol. The summed E-state index contributed by atoms with van der Waals surface area (Å²) in [6, 6.07) is 0. The minimum Gasteiger partial charge on any atom is -0.312 e. The van der Waals surface area contributed by atoms with Crippen molar-refractivity contribution in [2.24, 2.45) is 52.3 Å². The van der Waals surface area contributed by atoms with Crippen LogP contribution in [0.4, 0.5) is 0 Å². The van der Waals surface area contributed by atoms with Gasteiger partial charge in [0.2, 0.25) is 0 Å². The van der Waals surface area contributed by atoms with Gasteiger partial charge in [0.15, 0.2) is 0 Å². The van der Waals surface area contributed by atoms with Crippen molar-refractivity contribution in [3.8, 4) is 0 Å². The Kier molecular flexibility index (Phi) is 8.69. The molecule has 0 N–H and O–H groups in total. The van der Waals surface area contributed by atoms with Crippen molar-refractivity contribution in [2.75, 3.05) is 14.2 Å². The third-order valence-corrected chi connectivity index (χ3v) is 14.1. The molecule has 4 aliphatic rings. The summed E-state index contributed by atoms with van der Waals surface area (Å²) >= 11 is 5.53. The van der Waals surface area contributed by atoms with Gasteiger partial charge in [-0.1, -0.05) is 53.9 Å². The molecule has 4 saturated carbocycles. The van der Waals surface area contributed by atoms with Crippen LogP contribution in [0.15, 0.2) is 0 Å². The number of hydrogen-bond acceptors (Lipinski definition) is 4. The summed E-state index contributed by atoms with van der Waals surface area (Å²) in [7, 11) is 3.25.